The molecule has 1 aliphatic rings. The molecule has 1 atom stereocenters. The van der Waals surface area contributed by atoms with Gasteiger partial charge in [-0.2, -0.15) is 0 Å². The first kappa shape index (κ1) is 20.1. The van der Waals surface area contributed by atoms with E-state index in [1.54, 1.807) is 29.2 Å². The van der Waals surface area contributed by atoms with E-state index in [1.165, 1.54) is 0 Å². The number of fused-ring (bicyclic) bond motifs is 2. The van der Waals surface area contributed by atoms with Crippen molar-refractivity contribution in [1.82, 2.24) is 4.90 Å². The number of rotatable bonds is 3. The number of phenols is 1. The van der Waals surface area contributed by atoms with E-state index in [0.717, 1.165) is 22.3 Å². The van der Waals surface area contributed by atoms with Crippen molar-refractivity contribution < 1.29 is 14.3 Å². The predicted molar refractivity (Wildman–Crippen MR) is 123 cm³/mol. The summed E-state index contributed by atoms with van der Waals surface area (Å²) in [7, 11) is 0. The highest BCUT2D eigenvalue weighted by molar-refractivity contribution is 5.99. The summed E-state index contributed by atoms with van der Waals surface area (Å²) in [5, 5.41) is 10.6. The van der Waals surface area contributed by atoms with Crippen LogP contribution in [0.1, 0.15) is 50.0 Å². The zero-order valence-corrected chi connectivity index (χ0v) is 18.2. The topological polar surface area (TPSA) is 70.8 Å². The van der Waals surface area contributed by atoms with E-state index in [9.17, 15) is 14.7 Å². The molecule has 1 aliphatic heterocycles. The largest absolute Gasteiger partial charge is 0.508 e. The Balaban J connectivity index is 1.75. The zero-order chi connectivity index (χ0) is 22.6. The van der Waals surface area contributed by atoms with Crippen LogP contribution < -0.4 is 5.43 Å². The second kappa shape index (κ2) is 7.38. The van der Waals surface area contributed by atoms with Gasteiger partial charge in [0, 0.05) is 6.54 Å². The van der Waals surface area contributed by atoms with Crippen LogP contribution in [-0.2, 0) is 6.54 Å². The molecular formula is C27H23NO4. The molecule has 4 aromatic rings. The van der Waals surface area contributed by atoms with Crippen molar-refractivity contribution in [3.63, 3.8) is 0 Å². The summed E-state index contributed by atoms with van der Waals surface area (Å²) < 4.78 is 6.10. The molecule has 1 N–H and O–H groups in total. The predicted octanol–water partition coefficient (Wildman–Crippen LogP) is 5.17. The third-order valence-electron chi connectivity index (χ3n) is 6.06. The number of benzene rings is 3. The fourth-order valence-corrected chi connectivity index (χ4v) is 4.57. The molecule has 1 aromatic heterocycles. The molecule has 0 aliphatic carbocycles. The Hall–Kier alpha value is -3.86. The Morgan fingerprint density at radius 3 is 2.41 bits per heavy atom. The lowest BCUT2D eigenvalue weighted by Gasteiger charge is -2.25. The summed E-state index contributed by atoms with van der Waals surface area (Å²) in [5.41, 5.74) is 5.08. The maximum Gasteiger partial charge on any atom is 0.291 e. The van der Waals surface area contributed by atoms with Gasteiger partial charge in [0.15, 0.2) is 5.43 Å². The maximum absolute atomic E-state index is 13.7. The summed E-state index contributed by atoms with van der Waals surface area (Å²) in [6.45, 7) is 6.13. The molecular weight excluding hydrogens is 402 g/mol. The minimum absolute atomic E-state index is 0.0786. The first-order valence-corrected chi connectivity index (χ1v) is 10.6. The molecule has 0 fully saturated rings. The van der Waals surface area contributed by atoms with Crippen LogP contribution in [0.3, 0.4) is 0 Å². The number of hydrogen-bond donors (Lipinski definition) is 1. The number of nitrogens with zero attached hydrogens (tertiary/aromatic N) is 1. The van der Waals surface area contributed by atoms with Crippen molar-refractivity contribution in [3.8, 4) is 5.75 Å². The van der Waals surface area contributed by atoms with Crippen molar-refractivity contribution in [1.29, 1.82) is 0 Å². The number of phenolic OH excluding ortho intramolecular Hbond substituents is 1. The van der Waals surface area contributed by atoms with Gasteiger partial charge in [0.2, 0.25) is 5.76 Å². The highest BCUT2D eigenvalue weighted by atomic mass is 16.3. The van der Waals surface area contributed by atoms with Gasteiger partial charge in [-0.25, -0.2) is 0 Å². The number of hydrogen-bond acceptors (Lipinski definition) is 4. The minimum Gasteiger partial charge on any atom is -0.508 e. The van der Waals surface area contributed by atoms with Crippen LogP contribution in [0.4, 0.5) is 0 Å². The van der Waals surface area contributed by atoms with E-state index in [0.29, 0.717) is 28.6 Å². The molecule has 32 heavy (non-hydrogen) atoms. The number of carbonyl (C=O) groups is 1. The van der Waals surface area contributed by atoms with Crippen LogP contribution in [0.25, 0.3) is 11.0 Å². The zero-order valence-electron chi connectivity index (χ0n) is 18.2. The van der Waals surface area contributed by atoms with Gasteiger partial charge in [0.1, 0.15) is 11.3 Å². The summed E-state index contributed by atoms with van der Waals surface area (Å²) in [5.74, 6) is -0.168. The number of aryl methyl sites for hydroxylation is 3. The normalized spacial score (nSPS) is 15.4. The highest BCUT2D eigenvalue weighted by Crippen LogP contribution is 2.40. The van der Waals surface area contributed by atoms with Gasteiger partial charge in [-0.15, -0.1) is 0 Å². The standard InChI is InChI=1S/C27H23NO4/c1-15-7-9-18(10-8-15)14-28-23(19-5-4-6-20(29)13-19)22-24(30)21-12-16(2)11-17(3)25(21)32-26(22)27(28)31/h4-13,23,29H,14H2,1-3H3. The Labute approximate surface area is 185 Å². The maximum atomic E-state index is 13.7. The molecule has 160 valence electrons. The van der Waals surface area contributed by atoms with E-state index >= 15 is 0 Å². The second-order valence-corrected chi connectivity index (χ2v) is 8.55. The van der Waals surface area contributed by atoms with Gasteiger partial charge in [-0.1, -0.05) is 48.0 Å². The minimum atomic E-state index is -0.646. The molecule has 5 rings (SSSR count). The lowest BCUT2D eigenvalue weighted by molar-refractivity contribution is 0.0714. The first-order chi connectivity index (χ1) is 15.3. The van der Waals surface area contributed by atoms with Crippen LogP contribution >= 0.6 is 0 Å². The number of aromatic hydroxyl groups is 1. The third-order valence-corrected chi connectivity index (χ3v) is 6.06. The van der Waals surface area contributed by atoms with Crippen molar-refractivity contribution in [3.05, 3.63) is 110 Å². The van der Waals surface area contributed by atoms with Crippen LogP contribution in [0.2, 0.25) is 0 Å². The summed E-state index contributed by atoms with van der Waals surface area (Å²) >= 11 is 0. The average Bonchev–Trinajstić information content (AvgIpc) is 3.03. The van der Waals surface area contributed by atoms with Gasteiger partial charge in [-0.05, 0) is 61.2 Å². The quantitative estimate of drug-likeness (QED) is 0.492. The summed E-state index contributed by atoms with van der Waals surface area (Å²) in [6, 6.07) is 17.7. The molecule has 1 unspecified atom stereocenters. The van der Waals surface area contributed by atoms with Crippen LogP contribution in [0, 0.1) is 20.8 Å². The van der Waals surface area contributed by atoms with E-state index in [4.69, 9.17) is 4.42 Å². The molecule has 1 amide bonds. The summed E-state index contributed by atoms with van der Waals surface area (Å²) in [6.07, 6.45) is 0. The molecule has 2 heterocycles. The second-order valence-electron chi connectivity index (χ2n) is 8.55. The van der Waals surface area contributed by atoms with E-state index in [1.807, 2.05) is 57.2 Å². The molecule has 5 heteroatoms. The van der Waals surface area contributed by atoms with E-state index < -0.39 is 6.04 Å². The lowest BCUT2D eigenvalue weighted by Crippen LogP contribution is -2.29. The Morgan fingerprint density at radius 2 is 1.69 bits per heavy atom. The Bertz CT molecular complexity index is 1430. The molecule has 0 bridgehead atoms. The van der Waals surface area contributed by atoms with Crippen molar-refractivity contribution in [2.45, 2.75) is 33.4 Å². The van der Waals surface area contributed by atoms with Crippen molar-refractivity contribution in [2.75, 3.05) is 0 Å². The number of carbonyl (C=O) groups excluding carboxylic acids is 1. The SMILES string of the molecule is Cc1ccc(CN2C(=O)c3oc4c(C)cc(C)cc4c(=O)c3C2c2cccc(O)c2)cc1. The van der Waals surface area contributed by atoms with Crippen molar-refractivity contribution in [2.24, 2.45) is 0 Å². The monoisotopic (exact) mass is 425 g/mol. The Morgan fingerprint density at radius 1 is 0.938 bits per heavy atom. The van der Waals surface area contributed by atoms with E-state index in [2.05, 4.69) is 0 Å². The van der Waals surface area contributed by atoms with Gasteiger partial charge < -0.3 is 14.4 Å². The van der Waals surface area contributed by atoms with Crippen LogP contribution in [0.5, 0.6) is 5.75 Å². The van der Waals surface area contributed by atoms with Crippen LogP contribution in [-0.4, -0.2) is 15.9 Å². The van der Waals surface area contributed by atoms with E-state index in [-0.39, 0.29) is 22.8 Å². The molecule has 0 saturated heterocycles. The molecule has 0 spiro atoms. The fraction of sp³-hybridized carbons (Fsp3) is 0.185. The van der Waals surface area contributed by atoms with Gasteiger partial charge in [-0.3, -0.25) is 9.59 Å². The third kappa shape index (κ3) is 3.17. The molecule has 5 nitrogen and oxygen atoms in total. The summed E-state index contributed by atoms with van der Waals surface area (Å²) in [4.78, 5) is 28.9. The van der Waals surface area contributed by atoms with Gasteiger partial charge in [0.05, 0.1) is 17.0 Å². The Kier molecular flexibility index (Phi) is 4.63. The average molecular weight is 425 g/mol. The van der Waals surface area contributed by atoms with Gasteiger partial charge >= 0.3 is 0 Å². The lowest BCUT2D eigenvalue weighted by atomic mass is 9.97. The van der Waals surface area contributed by atoms with Crippen molar-refractivity contribution >= 4 is 16.9 Å². The highest BCUT2D eigenvalue weighted by Gasteiger charge is 2.43. The fourth-order valence-electron chi connectivity index (χ4n) is 4.57. The molecule has 0 radical (unpaired) electrons. The molecule has 0 saturated carbocycles. The van der Waals surface area contributed by atoms with Crippen LogP contribution in [0.15, 0.2) is 69.9 Å². The van der Waals surface area contributed by atoms with Gasteiger partial charge in [0.25, 0.3) is 5.91 Å². The first-order valence-electron chi connectivity index (χ1n) is 10.6. The number of amides is 1. The molecule has 3 aromatic carbocycles. The smallest absolute Gasteiger partial charge is 0.291 e.